The van der Waals surface area contributed by atoms with E-state index in [0.29, 0.717) is 0 Å². The lowest BCUT2D eigenvalue weighted by Gasteiger charge is -2.06. The van der Waals surface area contributed by atoms with E-state index in [1.165, 1.54) is 12.8 Å². The maximum atomic E-state index is 3.70. The Morgan fingerprint density at radius 1 is 1.45 bits per heavy atom. The Hall–Kier alpha value is -0.520. The van der Waals surface area contributed by atoms with E-state index in [1.807, 2.05) is 6.08 Å². The molecule has 64 valence electrons. The average Bonchev–Trinajstić information content (AvgIpc) is 1.97. The molecule has 0 nitrogen and oxygen atoms in total. The van der Waals surface area contributed by atoms with Crippen molar-refractivity contribution in [2.24, 2.45) is 5.92 Å². The van der Waals surface area contributed by atoms with E-state index in [0.717, 1.165) is 12.3 Å². The second kappa shape index (κ2) is 6.21. The van der Waals surface area contributed by atoms with Crippen LogP contribution in [0.4, 0.5) is 0 Å². The molecule has 0 unspecified atom stereocenters. The summed E-state index contributed by atoms with van der Waals surface area (Å²) in [4.78, 5) is 0. The summed E-state index contributed by atoms with van der Waals surface area (Å²) < 4.78 is 0. The van der Waals surface area contributed by atoms with Crippen molar-refractivity contribution in [3.63, 3.8) is 0 Å². The van der Waals surface area contributed by atoms with Gasteiger partial charge in [-0.2, -0.15) is 0 Å². The lowest BCUT2D eigenvalue weighted by Crippen LogP contribution is -1.90. The van der Waals surface area contributed by atoms with Gasteiger partial charge < -0.3 is 0 Å². The van der Waals surface area contributed by atoms with Gasteiger partial charge in [0.15, 0.2) is 0 Å². The van der Waals surface area contributed by atoms with Crippen molar-refractivity contribution in [2.75, 3.05) is 0 Å². The summed E-state index contributed by atoms with van der Waals surface area (Å²) in [5, 5.41) is 0. The molecule has 0 aromatic rings. The van der Waals surface area contributed by atoms with Crippen LogP contribution in [0.5, 0.6) is 0 Å². The third-order valence-electron chi connectivity index (χ3n) is 1.70. The van der Waals surface area contributed by atoms with Crippen LogP contribution in [0.15, 0.2) is 24.3 Å². The standard InChI is InChI=1S/C11H20/c1-5-7-8-11(6-2)9-10(3)4/h5,8,10H,1,6-7,9H2,2-4H3/b11-8+. The van der Waals surface area contributed by atoms with Crippen LogP contribution in [-0.2, 0) is 0 Å². The molecular formula is C11H20. The Labute approximate surface area is 71.0 Å². The van der Waals surface area contributed by atoms with Crippen molar-refractivity contribution in [1.29, 1.82) is 0 Å². The van der Waals surface area contributed by atoms with E-state index in [-0.39, 0.29) is 0 Å². The lowest BCUT2D eigenvalue weighted by atomic mass is 10.0. The van der Waals surface area contributed by atoms with E-state index in [2.05, 4.69) is 33.4 Å². The minimum Gasteiger partial charge on any atom is -0.103 e. The zero-order valence-electron chi connectivity index (χ0n) is 8.06. The first-order valence-electron chi connectivity index (χ1n) is 4.49. The van der Waals surface area contributed by atoms with E-state index in [1.54, 1.807) is 5.57 Å². The topological polar surface area (TPSA) is 0 Å². The van der Waals surface area contributed by atoms with Crippen molar-refractivity contribution in [2.45, 2.75) is 40.0 Å². The van der Waals surface area contributed by atoms with Gasteiger partial charge in [0.25, 0.3) is 0 Å². The molecule has 0 heteroatoms. The van der Waals surface area contributed by atoms with Gasteiger partial charge in [-0.3, -0.25) is 0 Å². The summed E-state index contributed by atoms with van der Waals surface area (Å²) in [6.07, 6.45) is 7.70. The third-order valence-corrected chi connectivity index (χ3v) is 1.70. The molecule has 0 spiro atoms. The normalized spacial score (nSPS) is 12.2. The zero-order valence-corrected chi connectivity index (χ0v) is 8.06. The summed E-state index contributed by atoms with van der Waals surface area (Å²) in [6, 6.07) is 0. The Morgan fingerprint density at radius 2 is 2.09 bits per heavy atom. The number of hydrogen-bond donors (Lipinski definition) is 0. The first-order valence-corrected chi connectivity index (χ1v) is 4.49. The molecule has 11 heavy (non-hydrogen) atoms. The van der Waals surface area contributed by atoms with Crippen molar-refractivity contribution < 1.29 is 0 Å². The molecule has 0 saturated carbocycles. The van der Waals surface area contributed by atoms with Gasteiger partial charge in [0.05, 0.1) is 0 Å². The highest BCUT2D eigenvalue weighted by molar-refractivity contribution is 5.03. The van der Waals surface area contributed by atoms with Crippen LogP contribution in [0.25, 0.3) is 0 Å². The van der Waals surface area contributed by atoms with E-state index in [9.17, 15) is 0 Å². The van der Waals surface area contributed by atoms with Crippen molar-refractivity contribution in [3.8, 4) is 0 Å². The van der Waals surface area contributed by atoms with Gasteiger partial charge in [0.2, 0.25) is 0 Å². The van der Waals surface area contributed by atoms with Crippen molar-refractivity contribution >= 4 is 0 Å². The van der Waals surface area contributed by atoms with E-state index >= 15 is 0 Å². The molecule has 0 saturated heterocycles. The molecule has 0 radical (unpaired) electrons. The molecule has 0 aromatic heterocycles. The van der Waals surface area contributed by atoms with E-state index in [4.69, 9.17) is 0 Å². The SMILES string of the molecule is C=CC/C=C(\CC)CC(C)C. The summed E-state index contributed by atoms with van der Waals surface area (Å²) in [5.41, 5.74) is 1.57. The van der Waals surface area contributed by atoms with Crippen LogP contribution in [0.2, 0.25) is 0 Å². The predicted molar refractivity (Wildman–Crippen MR) is 52.6 cm³/mol. The maximum absolute atomic E-state index is 3.70. The minimum absolute atomic E-state index is 0.783. The Balaban J connectivity index is 3.82. The molecule has 0 aliphatic rings. The van der Waals surface area contributed by atoms with Crippen LogP contribution >= 0.6 is 0 Å². The zero-order chi connectivity index (χ0) is 8.69. The molecular weight excluding hydrogens is 132 g/mol. The first kappa shape index (κ1) is 10.5. The molecule has 0 aromatic carbocycles. The highest BCUT2D eigenvalue weighted by Gasteiger charge is 1.97. The maximum Gasteiger partial charge on any atom is -0.0169 e. The summed E-state index contributed by atoms with van der Waals surface area (Å²) >= 11 is 0. The number of rotatable bonds is 5. The second-order valence-corrected chi connectivity index (χ2v) is 3.34. The Bertz CT molecular complexity index is 129. The predicted octanol–water partition coefficient (Wildman–Crippen LogP) is 3.95. The summed E-state index contributed by atoms with van der Waals surface area (Å²) in [6.45, 7) is 10.4. The van der Waals surface area contributed by atoms with Gasteiger partial charge in [-0.15, -0.1) is 6.58 Å². The van der Waals surface area contributed by atoms with Crippen LogP contribution in [0.1, 0.15) is 40.0 Å². The van der Waals surface area contributed by atoms with Gasteiger partial charge in [-0.05, 0) is 25.2 Å². The molecule has 0 aliphatic heterocycles. The minimum atomic E-state index is 0.783. The quantitative estimate of drug-likeness (QED) is 0.523. The van der Waals surface area contributed by atoms with Gasteiger partial charge in [-0.1, -0.05) is 38.5 Å². The first-order chi connectivity index (χ1) is 5.20. The third kappa shape index (κ3) is 5.90. The summed E-state index contributed by atoms with van der Waals surface area (Å²) in [7, 11) is 0. The van der Waals surface area contributed by atoms with Gasteiger partial charge in [0, 0.05) is 0 Å². The van der Waals surface area contributed by atoms with Crippen molar-refractivity contribution in [3.05, 3.63) is 24.3 Å². The van der Waals surface area contributed by atoms with Gasteiger partial charge in [-0.25, -0.2) is 0 Å². The van der Waals surface area contributed by atoms with Crippen LogP contribution in [-0.4, -0.2) is 0 Å². The highest BCUT2D eigenvalue weighted by atomic mass is 14.0. The fourth-order valence-corrected chi connectivity index (χ4v) is 1.15. The van der Waals surface area contributed by atoms with Crippen LogP contribution in [0.3, 0.4) is 0 Å². The molecule has 0 bridgehead atoms. The molecule has 0 fully saturated rings. The smallest absolute Gasteiger partial charge is 0.0169 e. The highest BCUT2D eigenvalue weighted by Crippen LogP contribution is 2.14. The fourth-order valence-electron chi connectivity index (χ4n) is 1.15. The molecule has 0 atom stereocenters. The second-order valence-electron chi connectivity index (χ2n) is 3.34. The molecule has 0 heterocycles. The molecule has 0 N–H and O–H groups in total. The fraction of sp³-hybridized carbons (Fsp3) is 0.636. The molecule has 0 rings (SSSR count). The largest absolute Gasteiger partial charge is 0.103 e. The molecule has 0 amide bonds. The monoisotopic (exact) mass is 152 g/mol. The van der Waals surface area contributed by atoms with Gasteiger partial charge >= 0.3 is 0 Å². The lowest BCUT2D eigenvalue weighted by molar-refractivity contribution is 0.629. The number of allylic oxidation sites excluding steroid dienone is 3. The Morgan fingerprint density at radius 3 is 2.45 bits per heavy atom. The number of hydrogen-bond acceptors (Lipinski definition) is 0. The van der Waals surface area contributed by atoms with Crippen LogP contribution < -0.4 is 0 Å². The van der Waals surface area contributed by atoms with Crippen LogP contribution in [0, 0.1) is 5.92 Å². The average molecular weight is 152 g/mol. The summed E-state index contributed by atoms with van der Waals surface area (Å²) in [5.74, 6) is 0.783. The van der Waals surface area contributed by atoms with Crippen molar-refractivity contribution in [1.82, 2.24) is 0 Å². The van der Waals surface area contributed by atoms with E-state index < -0.39 is 0 Å². The van der Waals surface area contributed by atoms with Gasteiger partial charge in [0.1, 0.15) is 0 Å². The Kier molecular flexibility index (Phi) is 5.91. The molecule has 0 aliphatic carbocycles.